The largest absolute Gasteiger partial charge is 0.355 e. The van der Waals surface area contributed by atoms with Crippen molar-refractivity contribution in [3.8, 4) is 0 Å². The van der Waals surface area contributed by atoms with Crippen LogP contribution in [-0.4, -0.2) is 9.97 Å². The van der Waals surface area contributed by atoms with E-state index >= 15 is 0 Å². The zero-order chi connectivity index (χ0) is 13.2. The molecule has 3 aromatic rings. The Morgan fingerprint density at radius 3 is 2.79 bits per heavy atom. The average Bonchev–Trinajstić information content (AvgIpc) is 2.81. The summed E-state index contributed by atoms with van der Waals surface area (Å²) in [6.45, 7) is 2.11. The number of hydrogen-bond acceptors (Lipinski definition) is 4. The highest BCUT2D eigenvalue weighted by Gasteiger charge is 2.09. The molecule has 0 aliphatic heterocycles. The van der Waals surface area contributed by atoms with E-state index in [-0.39, 0.29) is 6.04 Å². The van der Waals surface area contributed by atoms with Crippen LogP contribution in [0.5, 0.6) is 0 Å². The van der Waals surface area contributed by atoms with Gasteiger partial charge in [0.1, 0.15) is 0 Å². The predicted octanol–water partition coefficient (Wildman–Crippen LogP) is 4.52. The lowest BCUT2D eigenvalue weighted by molar-refractivity contribution is 0.879. The van der Waals surface area contributed by atoms with Crippen molar-refractivity contribution >= 4 is 38.3 Å². The van der Waals surface area contributed by atoms with Crippen LogP contribution in [0.3, 0.4) is 0 Å². The lowest BCUT2D eigenvalue weighted by Crippen LogP contribution is -2.05. The molecule has 0 fully saturated rings. The van der Waals surface area contributed by atoms with Crippen LogP contribution in [-0.2, 0) is 0 Å². The van der Waals surface area contributed by atoms with Gasteiger partial charge in [-0.1, -0.05) is 22.9 Å². The third kappa shape index (κ3) is 2.69. The van der Waals surface area contributed by atoms with Gasteiger partial charge in [-0.15, -0.1) is 0 Å². The standard InChI is InChI=1S/C14H12ClN3S/c1-9(10-4-6-16-7-5-10)17-14-18-12-8-11(15)2-3-13(12)19-14/h2-9H,1H3,(H,17,18). The fourth-order valence-corrected chi connectivity index (χ4v) is 2.98. The van der Waals surface area contributed by atoms with E-state index in [9.17, 15) is 0 Å². The molecule has 0 aliphatic rings. The zero-order valence-electron chi connectivity index (χ0n) is 10.3. The highest BCUT2D eigenvalue weighted by Crippen LogP contribution is 2.30. The van der Waals surface area contributed by atoms with Crippen molar-refractivity contribution < 1.29 is 0 Å². The highest BCUT2D eigenvalue weighted by molar-refractivity contribution is 7.22. The Balaban J connectivity index is 1.85. The van der Waals surface area contributed by atoms with Gasteiger partial charge < -0.3 is 5.32 Å². The Hall–Kier alpha value is -1.65. The minimum atomic E-state index is 0.194. The van der Waals surface area contributed by atoms with Gasteiger partial charge in [-0.05, 0) is 42.8 Å². The molecular weight excluding hydrogens is 278 g/mol. The summed E-state index contributed by atoms with van der Waals surface area (Å²) < 4.78 is 1.13. The number of thiazole rings is 1. The van der Waals surface area contributed by atoms with Gasteiger partial charge in [-0.2, -0.15) is 0 Å². The maximum atomic E-state index is 5.97. The Labute approximate surface area is 120 Å². The van der Waals surface area contributed by atoms with Crippen LogP contribution in [0.15, 0.2) is 42.7 Å². The SMILES string of the molecule is CC(Nc1nc2cc(Cl)ccc2s1)c1ccncc1. The quantitative estimate of drug-likeness (QED) is 0.770. The number of pyridine rings is 1. The summed E-state index contributed by atoms with van der Waals surface area (Å²) in [6, 6.07) is 9.97. The first-order valence-corrected chi connectivity index (χ1v) is 7.14. The number of nitrogens with one attached hydrogen (secondary N) is 1. The third-order valence-electron chi connectivity index (χ3n) is 2.90. The summed E-state index contributed by atoms with van der Waals surface area (Å²) in [5.41, 5.74) is 2.12. The summed E-state index contributed by atoms with van der Waals surface area (Å²) in [6.07, 6.45) is 3.59. The number of rotatable bonds is 3. The number of anilines is 1. The number of aromatic nitrogens is 2. The molecule has 0 aliphatic carbocycles. The normalized spacial score (nSPS) is 12.5. The lowest BCUT2D eigenvalue weighted by Gasteiger charge is -2.12. The van der Waals surface area contributed by atoms with Crippen LogP contribution < -0.4 is 5.32 Å². The number of halogens is 1. The molecule has 1 N–H and O–H groups in total. The molecule has 2 heterocycles. The molecule has 0 saturated heterocycles. The van der Waals surface area contributed by atoms with E-state index in [1.54, 1.807) is 23.7 Å². The summed E-state index contributed by atoms with van der Waals surface area (Å²) in [5.74, 6) is 0. The Bertz CT molecular complexity index is 696. The molecule has 2 aromatic heterocycles. The van der Waals surface area contributed by atoms with E-state index in [0.29, 0.717) is 5.02 Å². The van der Waals surface area contributed by atoms with Crippen molar-refractivity contribution in [1.29, 1.82) is 0 Å². The maximum absolute atomic E-state index is 5.97. The first-order valence-electron chi connectivity index (χ1n) is 5.95. The summed E-state index contributed by atoms with van der Waals surface area (Å²) in [5, 5.41) is 5.02. The van der Waals surface area contributed by atoms with Crippen molar-refractivity contribution in [2.75, 3.05) is 5.32 Å². The van der Waals surface area contributed by atoms with Crippen LogP contribution in [0.2, 0.25) is 5.02 Å². The summed E-state index contributed by atoms with van der Waals surface area (Å²) >= 11 is 7.60. The topological polar surface area (TPSA) is 37.8 Å². The molecule has 0 radical (unpaired) electrons. The zero-order valence-corrected chi connectivity index (χ0v) is 11.9. The van der Waals surface area contributed by atoms with Crippen LogP contribution in [0.1, 0.15) is 18.5 Å². The molecule has 96 valence electrons. The van der Waals surface area contributed by atoms with Crippen LogP contribution in [0.4, 0.5) is 5.13 Å². The second-order valence-electron chi connectivity index (χ2n) is 4.28. The Kier molecular flexibility index (Phi) is 3.36. The van der Waals surface area contributed by atoms with E-state index in [1.165, 1.54) is 5.56 Å². The second kappa shape index (κ2) is 5.15. The minimum absolute atomic E-state index is 0.194. The van der Waals surface area contributed by atoms with E-state index in [0.717, 1.165) is 15.3 Å². The van der Waals surface area contributed by atoms with Crippen molar-refractivity contribution in [1.82, 2.24) is 9.97 Å². The molecule has 1 atom stereocenters. The first-order chi connectivity index (χ1) is 9.22. The Morgan fingerprint density at radius 2 is 2.00 bits per heavy atom. The van der Waals surface area contributed by atoms with Crippen molar-refractivity contribution in [3.05, 3.63) is 53.3 Å². The van der Waals surface area contributed by atoms with E-state index in [4.69, 9.17) is 11.6 Å². The van der Waals surface area contributed by atoms with Crippen LogP contribution in [0, 0.1) is 0 Å². The number of fused-ring (bicyclic) bond motifs is 1. The van der Waals surface area contributed by atoms with E-state index in [1.807, 2.05) is 30.3 Å². The predicted molar refractivity (Wildman–Crippen MR) is 80.9 cm³/mol. The van der Waals surface area contributed by atoms with Gasteiger partial charge in [0.2, 0.25) is 0 Å². The van der Waals surface area contributed by atoms with Gasteiger partial charge in [0.05, 0.1) is 16.3 Å². The first kappa shape index (κ1) is 12.4. The van der Waals surface area contributed by atoms with Crippen molar-refractivity contribution in [3.63, 3.8) is 0 Å². The van der Waals surface area contributed by atoms with Crippen molar-refractivity contribution in [2.24, 2.45) is 0 Å². The smallest absolute Gasteiger partial charge is 0.184 e. The molecule has 3 nitrogen and oxygen atoms in total. The average molecular weight is 290 g/mol. The second-order valence-corrected chi connectivity index (χ2v) is 5.74. The Morgan fingerprint density at radius 1 is 1.21 bits per heavy atom. The molecule has 1 aromatic carbocycles. The molecule has 0 spiro atoms. The van der Waals surface area contributed by atoms with Gasteiger partial charge in [-0.3, -0.25) is 4.98 Å². The molecule has 3 rings (SSSR count). The maximum Gasteiger partial charge on any atom is 0.184 e. The molecule has 1 unspecified atom stereocenters. The fourth-order valence-electron chi connectivity index (χ4n) is 1.88. The fraction of sp³-hybridized carbons (Fsp3) is 0.143. The molecule has 0 bridgehead atoms. The van der Waals surface area contributed by atoms with Gasteiger partial charge in [0, 0.05) is 17.4 Å². The third-order valence-corrected chi connectivity index (χ3v) is 4.10. The van der Waals surface area contributed by atoms with Gasteiger partial charge >= 0.3 is 0 Å². The van der Waals surface area contributed by atoms with Gasteiger partial charge in [0.25, 0.3) is 0 Å². The van der Waals surface area contributed by atoms with Crippen molar-refractivity contribution in [2.45, 2.75) is 13.0 Å². The summed E-state index contributed by atoms with van der Waals surface area (Å²) in [7, 11) is 0. The lowest BCUT2D eigenvalue weighted by atomic mass is 10.1. The summed E-state index contributed by atoms with van der Waals surface area (Å²) in [4.78, 5) is 8.57. The molecule has 0 amide bonds. The minimum Gasteiger partial charge on any atom is -0.355 e. The monoisotopic (exact) mass is 289 g/mol. The van der Waals surface area contributed by atoms with Gasteiger partial charge in [-0.25, -0.2) is 4.98 Å². The molecule has 0 saturated carbocycles. The molecular formula is C14H12ClN3S. The van der Waals surface area contributed by atoms with E-state index in [2.05, 4.69) is 22.2 Å². The van der Waals surface area contributed by atoms with E-state index < -0.39 is 0 Å². The molecule has 19 heavy (non-hydrogen) atoms. The highest BCUT2D eigenvalue weighted by atomic mass is 35.5. The van der Waals surface area contributed by atoms with Crippen LogP contribution >= 0.6 is 22.9 Å². The number of hydrogen-bond donors (Lipinski definition) is 1. The number of benzene rings is 1. The molecule has 5 heteroatoms. The van der Waals surface area contributed by atoms with Crippen LogP contribution in [0.25, 0.3) is 10.2 Å². The number of nitrogens with zero attached hydrogens (tertiary/aromatic N) is 2. The van der Waals surface area contributed by atoms with Gasteiger partial charge in [0.15, 0.2) is 5.13 Å².